The molecule has 0 spiro atoms. The lowest BCUT2D eigenvalue weighted by molar-refractivity contribution is -0.148. The quantitative estimate of drug-likeness (QED) is 0.795. The van der Waals surface area contributed by atoms with Crippen LogP contribution in [0.25, 0.3) is 0 Å². The van der Waals surface area contributed by atoms with E-state index in [0.717, 1.165) is 17.5 Å². The summed E-state index contributed by atoms with van der Waals surface area (Å²) >= 11 is 0. The van der Waals surface area contributed by atoms with Crippen LogP contribution in [0.5, 0.6) is 0 Å². The van der Waals surface area contributed by atoms with Gasteiger partial charge in [0.05, 0.1) is 5.41 Å². The third-order valence-electron chi connectivity index (χ3n) is 3.36. The van der Waals surface area contributed by atoms with E-state index in [4.69, 9.17) is 5.73 Å². The Balaban J connectivity index is 3.01. The lowest BCUT2D eigenvalue weighted by Crippen LogP contribution is -2.40. The van der Waals surface area contributed by atoms with Crippen molar-refractivity contribution in [3.8, 4) is 0 Å². The van der Waals surface area contributed by atoms with Gasteiger partial charge >= 0.3 is 5.97 Å². The van der Waals surface area contributed by atoms with Gasteiger partial charge in [0, 0.05) is 6.54 Å². The second-order valence-corrected chi connectivity index (χ2v) is 4.64. The van der Waals surface area contributed by atoms with Crippen molar-refractivity contribution in [2.45, 2.75) is 33.1 Å². The highest BCUT2D eigenvalue weighted by Crippen LogP contribution is 2.29. The summed E-state index contributed by atoms with van der Waals surface area (Å²) in [5.74, 6) is -0.787. The summed E-state index contributed by atoms with van der Waals surface area (Å²) < 4.78 is 0. The van der Waals surface area contributed by atoms with Crippen LogP contribution in [-0.4, -0.2) is 17.6 Å². The van der Waals surface area contributed by atoms with Crippen LogP contribution in [0.1, 0.15) is 30.9 Å². The summed E-state index contributed by atoms with van der Waals surface area (Å²) in [7, 11) is 0. The fourth-order valence-electron chi connectivity index (χ4n) is 2.18. The van der Waals surface area contributed by atoms with Gasteiger partial charge in [0.2, 0.25) is 0 Å². The molecule has 17 heavy (non-hydrogen) atoms. The predicted octanol–water partition coefficient (Wildman–Crippen LogP) is 2.37. The molecule has 0 aromatic heterocycles. The van der Waals surface area contributed by atoms with Gasteiger partial charge < -0.3 is 10.8 Å². The molecule has 0 amide bonds. The monoisotopic (exact) mass is 235 g/mol. The van der Waals surface area contributed by atoms with Crippen LogP contribution in [0, 0.1) is 12.3 Å². The van der Waals surface area contributed by atoms with E-state index in [9.17, 15) is 9.90 Å². The first kappa shape index (κ1) is 13.7. The highest BCUT2D eigenvalue weighted by Gasteiger charge is 2.36. The molecule has 1 atom stereocenters. The van der Waals surface area contributed by atoms with Crippen molar-refractivity contribution >= 4 is 5.97 Å². The summed E-state index contributed by atoms with van der Waals surface area (Å²) in [6.45, 7) is 4.18. The molecular weight excluding hydrogens is 214 g/mol. The van der Waals surface area contributed by atoms with Gasteiger partial charge in [-0.3, -0.25) is 4.79 Å². The maximum atomic E-state index is 11.5. The van der Waals surface area contributed by atoms with Gasteiger partial charge in [-0.25, -0.2) is 0 Å². The summed E-state index contributed by atoms with van der Waals surface area (Å²) in [4.78, 5) is 11.5. The minimum atomic E-state index is -0.819. The first-order valence-electron chi connectivity index (χ1n) is 6.03. The molecule has 3 N–H and O–H groups in total. The number of rotatable bonds is 6. The molecule has 0 saturated carbocycles. The number of nitrogens with two attached hydrogens (primary N) is 1. The lowest BCUT2D eigenvalue weighted by Gasteiger charge is -2.28. The molecule has 94 valence electrons. The van der Waals surface area contributed by atoms with Crippen LogP contribution in [-0.2, 0) is 11.2 Å². The van der Waals surface area contributed by atoms with Gasteiger partial charge in [0.25, 0.3) is 0 Å². The SMILES string of the molecule is CCCC(CN)(Cc1ccccc1C)C(=O)O. The van der Waals surface area contributed by atoms with E-state index < -0.39 is 11.4 Å². The Hall–Kier alpha value is -1.35. The van der Waals surface area contributed by atoms with E-state index in [-0.39, 0.29) is 6.54 Å². The molecular formula is C14H21NO2. The lowest BCUT2D eigenvalue weighted by atomic mass is 9.77. The van der Waals surface area contributed by atoms with Crippen molar-refractivity contribution in [1.82, 2.24) is 0 Å². The van der Waals surface area contributed by atoms with Crippen molar-refractivity contribution in [3.63, 3.8) is 0 Å². The fourth-order valence-corrected chi connectivity index (χ4v) is 2.18. The van der Waals surface area contributed by atoms with Crippen LogP contribution in [0.3, 0.4) is 0 Å². The van der Waals surface area contributed by atoms with Gasteiger partial charge in [0.15, 0.2) is 0 Å². The Bertz CT molecular complexity index is 390. The van der Waals surface area contributed by atoms with Crippen LogP contribution >= 0.6 is 0 Å². The highest BCUT2D eigenvalue weighted by molar-refractivity contribution is 5.75. The number of hydrogen-bond acceptors (Lipinski definition) is 2. The Labute approximate surface area is 103 Å². The standard InChI is InChI=1S/C14H21NO2/c1-3-8-14(10-15,13(16)17)9-12-7-5-4-6-11(12)2/h4-7H,3,8-10,15H2,1-2H3,(H,16,17). The summed E-state index contributed by atoms with van der Waals surface area (Å²) in [5.41, 5.74) is 7.10. The van der Waals surface area contributed by atoms with E-state index in [1.807, 2.05) is 38.1 Å². The molecule has 3 nitrogen and oxygen atoms in total. The number of benzene rings is 1. The van der Waals surface area contributed by atoms with Crippen LogP contribution in [0.4, 0.5) is 0 Å². The Morgan fingerprint density at radius 3 is 2.53 bits per heavy atom. The Morgan fingerprint density at radius 2 is 2.06 bits per heavy atom. The Morgan fingerprint density at radius 1 is 1.41 bits per heavy atom. The smallest absolute Gasteiger partial charge is 0.311 e. The molecule has 1 aromatic rings. The molecule has 1 unspecified atom stereocenters. The number of aliphatic carboxylic acids is 1. The number of carboxylic acids is 1. The summed E-state index contributed by atoms with van der Waals surface area (Å²) in [5, 5.41) is 9.43. The minimum absolute atomic E-state index is 0.185. The average Bonchev–Trinajstić information content (AvgIpc) is 2.31. The third kappa shape index (κ3) is 3.07. The minimum Gasteiger partial charge on any atom is -0.481 e. The van der Waals surface area contributed by atoms with Crippen molar-refractivity contribution in [1.29, 1.82) is 0 Å². The van der Waals surface area contributed by atoms with Gasteiger partial charge in [-0.05, 0) is 30.9 Å². The van der Waals surface area contributed by atoms with E-state index >= 15 is 0 Å². The zero-order chi connectivity index (χ0) is 12.9. The second kappa shape index (κ2) is 5.82. The molecule has 0 aliphatic heterocycles. The molecule has 0 radical (unpaired) electrons. The highest BCUT2D eigenvalue weighted by atomic mass is 16.4. The van der Waals surface area contributed by atoms with E-state index in [1.165, 1.54) is 0 Å². The summed E-state index contributed by atoms with van der Waals surface area (Å²) in [6, 6.07) is 7.89. The van der Waals surface area contributed by atoms with E-state index in [1.54, 1.807) is 0 Å². The maximum Gasteiger partial charge on any atom is 0.311 e. The van der Waals surface area contributed by atoms with Gasteiger partial charge in [-0.2, -0.15) is 0 Å². The van der Waals surface area contributed by atoms with Crippen molar-refractivity contribution < 1.29 is 9.90 Å². The molecule has 3 heteroatoms. The van der Waals surface area contributed by atoms with Crippen LogP contribution in [0.2, 0.25) is 0 Å². The first-order valence-corrected chi connectivity index (χ1v) is 6.03. The molecule has 0 aliphatic carbocycles. The molecule has 0 saturated heterocycles. The van der Waals surface area contributed by atoms with E-state index in [2.05, 4.69) is 0 Å². The topological polar surface area (TPSA) is 63.3 Å². The normalized spacial score (nSPS) is 14.3. The van der Waals surface area contributed by atoms with Crippen LogP contribution < -0.4 is 5.73 Å². The molecule has 0 fully saturated rings. The zero-order valence-electron chi connectivity index (χ0n) is 10.6. The molecule has 0 bridgehead atoms. The van der Waals surface area contributed by atoms with Crippen molar-refractivity contribution in [3.05, 3.63) is 35.4 Å². The third-order valence-corrected chi connectivity index (χ3v) is 3.36. The largest absolute Gasteiger partial charge is 0.481 e. The van der Waals surface area contributed by atoms with Gasteiger partial charge in [0.1, 0.15) is 0 Å². The van der Waals surface area contributed by atoms with Crippen LogP contribution in [0.15, 0.2) is 24.3 Å². The number of hydrogen-bond donors (Lipinski definition) is 2. The van der Waals surface area contributed by atoms with Crippen molar-refractivity contribution in [2.24, 2.45) is 11.1 Å². The maximum absolute atomic E-state index is 11.5. The molecule has 1 rings (SSSR count). The predicted molar refractivity (Wildman–Crippen MR) is 68.9 cm³/mol. The number of carboxylic acid groups (broad SMARTS) is 1. The van der Waals surface area contributed by atoms with Gasteiger partial charge in [-0.1, -0.05) is 37.6 Å². The molecule has 0 aliphatic rings. The van der Waals surface area contributed by atoms with Gasteiger partial charge in [-0.15, -0.1) is 0 Å². The Kier molecular flexibility index (Phi) is 4.70. The summed E-state index contributed by atoms with van der Waals surface area (Å²) in [6.07, 6.45) is 1.96. The first-order chi connectivity index (χ1) is 8.05. The number of carbonyl (C=O) groups is 1. The molecule has 1 aromatic carbocycles. The second-order valence-electron chi connectivity index (χ2n) is 4.64. The van der Waals surface area contributed by atoms with E-state index in [0.29, 0.717) is 12.8 Å². The average molecular weight is 235 g/mol. The molecule has 0 heterocycles. The fraction of sp³-hybridized carbons (Fsp3) is 0.500. The van der Waals surface area contributed by atoms with Crippen molar-refractivity contribution in [2.75, 3.05) is 6.54 Å². The zero-order valence-corrected chi connectivity index (χ0v) is 10.6. The number of aryl methyl sites for hydroxylation is 1.